The first-order valence-corrected chi connectivity index (χ1v) is 5.01. The van der Waals surface area contributed by atoms with E-state index in [0.717, 1.165) is 24.7 Å². The van der Waals surface area contributed by atoms with Gasteiger partial charge in [0.25, 0.3) is 0 Å². The van der Waals surface area contributed by atoms with Gasteiger partial charge in [-0.25, -0.2) is 0 Å². The smallest absolute Gasteiger partial charge is 0.240 e. The number of hydrogen-bond donors (Lipinski definition) is 1. The molecule has 4 nitrogen and oxygen atoms in total. The fourth-order valence-electron chi connectivity index (χ4n) is 1.31. The Morgan fingerprint density at radius 3 is 3.14 bits per heavy atom. The molecule has 1 saturated carbocycles. The van der Waals surface area contributed by atoms with Gasteiger partial charge >= 0.3 is 0 Å². The molecule has 0 radical (unpaired) electrons. The second kappa shape index (κ2) is 4.37. The molecule has 1 heterocycles. The maximum Gasteiger partial charge on any atom is 0.240 e. The highest BCUT2D eigenvalue weighted by atomic mass is 16.5. The summed E-state index contributed by atoms with van der Waals surface area (Å²) in [5.74, 6) is 2.33. The van der Waals surface area contributed by atoms with E-state index < -0.39 is 0 Å². The Kier molecular flexibility index (Phi) is 2.93. The van der Waals surface area contributed by atoms with E-state index >= 15 is 0 Å². The molecule has 1 aliphatic rings. The molecule has 1 fully saturated rings. The van der Waals surface area contributed by atoms with E-state index in [1.807, 2.05) is 6.08 Å². The molecular formula is C10H15N3O. The molecule has 0 spiro atoms. The molecule has 76 valence electrons. The average molecular weight is 193 g/mol. The highest BCUT2D eigenvalue weighted by Gasteiger charge is 2.23. The Morgan fingerprint density at radius 2 is 2.43 bits per heavy atom. The van der Waals surface area contributed by atoms with Gasteiger partial charge in [0.15, 0.2) is 5.82 Å². The molecule has 0 atom stereocenters. The number of rotatable bonds is 6. The standard InChI is InChI=1S/C10H15N3O/c1-2-5-11-7-10-12-9(13-14-10)6-8-3-4-8/h2,8,11H,1,3-7H2. The Bertz CT molecular complexity index is 304. The highest BCUT2D eigenvalue weighted by Crippen LogP contribution is 2.31. The SMILES string of the molecule is C=CCNCc1nc(CC2CC2)no1. The largest absolute Gasteiger partial charge is 0.338 e. The van der Waals surface area contributed by atoms with E-state index in [-0.39, 0.29) is 0 Å². The number of aromatic nitrogens is 2. The van der Waals surface area contributed by atoms with Crippen LogP contribution in [0.5, 0.6) is 0 Å². The topological polar surface area (TPSA) is 51.0 Å². The van der Waals surface area contributed by atoms with Crippen molar-refractivity contribution < 1.29 is 4.52 Å². The molecule has 0 aliphatic heterocycles. The van der Waals surface area contributed by atoms with Crippen molar-refractivity contribution in [1.29, 1.82) is 0 Å². The minimum absolute atomic E-state index is 0.629. The molecule has 2 rings (SSSR count). The van der Waals surface area contributed by atoms with Crippen LogP contribution in [-0.2, 0) is 13.0 Å². The predicted molar refractivity (Wildman–Crippen MR) is 52.6 cm³/mol. The van der Waals surface area contributed by atoms with Crippen molar-refractivity contribution in [3.8, 4) is 0 Å². The van der Waals surface area contributed by atoms with Crippen LogP contribution in [-0.4, -0.2) is 16.7 Å². The zero-order chi connectivity index (χ0) is 9.80. The molecule has 0 bridgehead atoms. The second-order valence-corrected chi connectivity index (χ2v) is 3.67. The lowest BCUT2D eigenvalue weighted by Crippen LogP contribution is -2.12. The van der Waals surface area contributed by atoms with Crippen molar-refractivity contribution in [2.75, 3.05) is 6.54 Å². The number of nitrogens with zero attached hydrogens (tertiary/aromatic N) is 2. The summed E-state index contributed by atoms with van der Waals surface area (Å²) in [6.07, 6.45) is 5.42. The maximum atomic E-state index is 5.08. The van der Waals surface area contributed by atoms with Crippen molar-refractivity contribution in [3.05, 3.63) is 24.4 Å². The van der Waals surface area contributed by atoms with Crippen LogP contribution in [0.15, 0.2) is 17.2 Å². The first-order valence-electron chi connectivity index (χ1n) is 5.01. The van der Waals surface area contributed by atoms with E-state index in [4.69, 9.17) is 4.52 Å². The van der Waals surface area contributed by atoms with Crippen LogP contribution in [0.3, 0.4) is 0 Å². The van der Waals surface area contributed by atoms with Crippen LogP contribution >= 0.6 is 0 Å². The Hall–Kier alpha value is -1.16. The lowest BCUT2D eigenvalue weighted by molar-refractivity contribution is 0.364. The Balaban J connectivity index is 1.79. The minimum Gasteiger partial charge on any atom is -0.338 e. The quantitative estimate of drug-likeness (QED) is 0.546. The van der Waals surface area contributed by atoms with Gasteiger partial charge in [0, 0.05) is 13.0 Å². The number of hydrogen-bond acceptors (Lipinski definition) is 4. The van der Waals surface area contributed by atoms with Gasteiger partial charge in [-0.1, -0.05) is 11.2 Å². The third-order valence-corrected chi connectivity index (χ3v) is 2.24. The summed E-state index contributed by atoms with van der Waals surface area (Å²) in [7, 11) is 0. The zero-order valence-electron chi connectivity index (χ0n) is 8.20. The van der Waals surface area contributed by atoms with Crippen LogP contribution in [0.2, 0.25) is 0 Å². The molecule has 0 unspecified atom stereocenters. The average Bonchev–Trinajstić information content (AvgIpc) is 2.87. The van der Waals surface area contributed by atoms with E-state index in [2.05, 4.69) is 22.0 Å². The van der Waals surface area contributed by atoms with Crippen molar-refractivity contribution in [2.24, 2.45) is 5.92 Å². The van der Waals surface area contributed by atoms with Crippen molar-refractivity contribution in [1.82, 2.24) is 15.5 Å². The molecule has 14 heavy (non-hydrogen) atoms. The monoisotopic (exact) mass is 193 g/mol. The van der Waals surface area contributed by atoms with Gasteiger partial charge in [-0.3, -0.25) is 0 Å². The summed E-state index contributed by atoms with van der Waals surface area (Å²) >= 11 is 0. The molecule has 1 aromatic rings. The van der Waals surface area contributed by atoms with Crippen LogP contribution in [0.1, 0.15) is 24.6 Å². The fraction of sp³-hybridized carbons (Fsp3) is 0.600. The lowest BCUT2D eigenvalue weighted by atomic mass is 10.3. The molecule has 0 amide bonds. The van der Waals surface area contributed by atoms with Gasteiger partial charge in [-0.15, -0.1) is 6.58 Å². The summed E-state index contributed by atoms with van der Waals surface area (Å²) < 4.78 is 5.08. The maximum absolute atomic E-state index is 5.08. The van der Waals surface area contributed by atoms with Crippen LogP contribution in [0.4, 0.5) is 0 Å². The molecular weight excluding hydrogens is 178 g/mol. The minimum atomic E-state index is 0.629. The molecule has 1 aliphatic carbocycles. The lowest BCUT2D eigenvalue weighted by Gasteiger charge is -1.93. The predicted octanol–water partition coefficient (Wildman–Crippen LogP) is 1.30. The molecule has 0 aromatic carbocycles. The summed E-state index contributed by atoms with van der Waals surface area (Å²) in [6.45, 7) is 5.01. The third kappa shape index (κ3) is 2.67. The zero-order valence-corrected chi connectivity index (χ0v) is 8.20. The highest BCUT2D eigenvalue weighted by molar-refractivity contribution is 4.92. The van der Waals surface area contributed by atoms with Crippen molar-refractivity contribution >= 4 is 0 Å². The van der Waals surface area contributed by atoms with Crippen LogP contribution in [0, 0.1) is 5.92 Å². The van der Waals surface area contributed by atoms with Crippen LogP contribution < -0.4 is 5.32 Å². The van der Waals surface area contributed by atoms with E-state index in [1.54, 1.807) is 0 Å². The molecule has 1 N–H and O–H groups in total. The molecule has 1 aromatic heterocycles. The van der Waals surface area contributed by atoms with Gasteiger partial charge < -0.3 is 9.84 Å². The Morgan fingerprint density at radius 1 is 1.57 bits per heavy atom. The van der Waals surface area contributed by atoms with E-state index in [0.29, 0.717) is 12.4 Å². The number of nitrogens with one attached hydrogen (secondary N) is 1. The summed E-state index contributed by atoms with van der Waals surface area (Å²) in [5, 5.41) is 7.04. The molecule has 0 saturated heterocycles. The molecule has 4 heteroatoms. The summed E-state index contributed by atoms with van der Waals surface area (Å²) in [5.41, 5.74) is 0. The second-order valence-electron chi connectivity index (χ2n) is 3.67. The first-order chi connectivity index (χ1) is 6.88. The van der Waals surface area contributed by atoms with Gasteiger partial charge in [0.1, 0.15) is 0 Å². The summed E-state index contributed by atoms with van der Waals surface area (Å²) in [6, 6.07) is 0. The van der Waals surface area contributed by atoms with E-state index in [9.17, 15) is 0 Å². The fourth-order valence-corrected chi connectivity index (χ4v) is 1.31. The first kappa shape index (κ1) is 9.40. The van der Waals surface area contributed by atoms with Gasteiger partial charge in [-0.2, -0.15) is 4.98 Å². The third-order valence-electron chi connectivity index (χ3n) is 2.24. The van der Waals surface area contributed by atoms with E-state index in [1.165, 1.54) is 12.8 Å². The van der Waals surface area contributed by atoms with Crippen molar-refractivity contribution in [3.63, 3.8) is 0 Å². The van der Waals surface area contributed by atoms with Crippen molar-refractivity contribution in [2.45, 2.75) is 25.8 Å². The van der Waals surface area contributed by atoms with Gasteiger partial charge in [0.05, 0.1) is 6.54 Å². The Labute approximate surface area is 83.4 Å². The van der Waals surface area contributed by atoms with Gasteiger partial charge in [-0.05, 0) is 18.8 Å². The van der Waals surface area contributed by atoms with Crippen LogP contribution in [0.25, 0.3) is 0 Å². The van der Waals surface area contributed by atoms with Gasteiger partial charge in [0.2, 0.25) is 5.89 Å². The summed E-state index contributed by atoms with van der Waals surface area (Å²) in [4.78, 5) is 4.29. The normalized spacial score (nSPS) is 15.7.